The van der Waals surface area contributed by atoms with Gasteiger partial charge in [0, 0.05) is 38.3 Å². The second kappa shape index (κ2) is 9.37. The SMILES string of the molecule is CCOc1ccccc1CN1CCN(c2cccc3c2C(=O)N(Cc2ccsc2)C3=O)CC1. The molecule has 3 aromatic rings. The van der Waals surface area contributed by atoms with Crippen molar-refractivity contribution in [3.63, 3.8) is 0 Å². The molecule has 2 aromatic carbocycles. The van der Waals surface area contributed by atoms with E-state index in [1.54, 1.807) is 17.4 Å². The van der Waals surface area contributed by atoms with E-state index >= 15 is 0 Å². The highest BCUT2D eigenvalue weighted by molar-refractivity contribution is 7.07. The Morgan fingerprint density at radius 3 is 2.48 bits per heavy atom. The van der Waals surface area contributed by atoms with E-state index in [0.717, 1.165) is 49.7 Å². The van der Waals surface area contributed by atoms with Gasteiger partial charge in [-0.25, -0.2) is 0 Å². The monoisotopic (exact) mass is 461 g/mol. The first-order valence-corrected chi connectivity index (χ1v) is 12.3. The molecule has 6 nitrogen and oxygen atoms in total. The Labute approximate surface area is 198 Å². The standard InChI is InChI=1S/C26H27N3O3S/c1-2-32-23-9-4-3-6-20(23)17-27-11-13-28(14-12-27)22-8-5-7-21-24(22)26(31)29(25(21)30)16-19-10-15-33-18-19/h3-10,15,18H,2,11-14,16-17H2,1H3. The molecule has 33 heavy (non-hydrogen) atoms. The van der Waals surface area contributed by atoms with Gasteiger partial charge >= 0.3 is 0 Å². The van der Waals surface area contributed by atoms with Crippen LogP contribution in [0.15, 0.2) is 59.3 Å². The number of carbonyl (C=O) groups is 2. The third-order valence-corrected chi connectivity index (χ3v) is 7.01. The van der Waals surface area contributed by atoms with Crippen molar-refractivity contribution in [2.24, 2.45) is 0 Å². The van der Waals surface area contributed by atoms with Crippen LogP contribution in [-0.2, 0) is 13.1 Å². The van der Waals surface area contributed by atoms with Gasteiger partial charge in [0.2, 0.25) is 0 Å². The van der Waals surface area contributed by atoms with E-state index < -0.39 is 0 Å². The first kappa shape index (κ1) is 21.7. The third kappa shape index (κ3) is 4.26. The molecule has 5 rings (SSSR count). The van der Waals surface area contributed by atoms with Crippen LogP contribution in [0.4, 0.5) is 5.69 Å². The third-order valence-electron chi connectivity index (χ3n) is 6.28. The minimum Gasteiger partial charge on any atom is -0.494 e. The fourth-order valence-corrected chi connectivity index (χ4v) is 5.27. The van der Waals surface area contributed by atoms with E-state index in [9.17, 15) is 9.59 Å². The van der Waals surface area contributed by atoms with Crippen LogP contribution in [-0.4, -0.2) is 54.4 Å². The molecule has 0 aliphatic carbocycles. The molecule has 0 saturated carbocycles. The fourth-order valence-electron chi connectivity index (χ4n) is 4.61. The molecular formula is C26H27N3O3S. The summed E-state index contributed by atoms with van der Waals surface area (Å²) in [7, 11) is 0. The summed E-state index contributed by atoms with van der Waals surface area (Å²) in [4.78, 5) is 32.3. The highest BCUT2D eigenvalue weighted by atomic mass is 32.1. The van der Waals surface area contributed by atoms with E-state index in [2.05, 4.69) is 15.9 Å². The minimum absolute atomic E-state index is 0.190. The van der Waals surface area contributed by atoms with E-state index in [4.69, 9.17) is 4.74 Å². The van der Waals surface area contributed by atoms with Gasteiger partial charge in [-0.3, -0.25) is 19.4 Å². The zero-order chi connectivity index (χ0) is 22.8. The molecule has 2 aliphatic rings. The molecule has 0 N–H and O–H groups in total. The van der Waals surface area contributed by atoms with Gasteiger partial charge in [-0.05, 0) is 47.5 Å². The van der Waals surface area contributed by atoms with Crippen molar-refractivity contribution in [1.29, 1.82) is 0 Å². The van der Waals surface area contributed by atoms with Gasteiger partial charge in [0.05, 0.1) is 30.0 Å². The van der Waals surface area contributed by atoms with Gasteiger partial charge in [0.1, 0.15) is 5.75 Å². The Bertz CT molecular complexity index is 1150. The number of imide groups is 1. The lowest BCUT2D eigenvalue weighted by molar-refractivity contribution is 0.0642. The van der Waals surface area contributed by atoms with Gasteiger partial charge in [-0.2, -0.15) is 11.3 Å². The highest BCUT2D eigenvalue weighted by Gasteiger charge is 2.38. The molecule has 3 heterocycles. The second-order valence-corrected chi connectivity index (χ2v) is 9.11. The number of hydrogen-bond donors (Lipinski definition) is 0. The number of rotatable bonds is 7. The van der Waals surface area contributed by atoms with Crippen LogP contribution in [0, 0.1) is 0 Å². The molecule has 0 spiro atoms. The summed E-state index contributed by atoms with van der Waals surface area (Å²) in [6, 6.07) is 15.8. The number of para-hydroxylation sites is 1. The molecule has 0 atom stereocenters. The lowest BCUT2D eigenvalue weighted by atomic mass is 10.1. The minimum atomic E-state index is -0.200. The van der Waals surface area contributed by atoms with E-state index in [1.165, 1.54) is 10.5 Å². The van der Waals surface area contributed by atoms with Gasteiger partial charge in [-0.15, -0.1) is 0 Å². The number of amides is 2. The Kier molecular flexibility index (Phi) is 6.15. The fraction of sp³-hybridized carbons (Fsp3) is 0.308. The molecule has 1 saturated heterocycles. The van der Waals surface area contributed by atoms with Crippen molar-refractivity contribution < 1.29 is 14.3 Å². The van der Waals surface area contributed by atoms with Gasteiger partial charge in [-0.1, -0.05) is 24.3 Å². The van der Waals surface area contributed by atoms with Crippen molar-refractivity contribution in [3.05, 3.63) is 81.5 Å². The number of hydrogen-bond acceptors (Lipinski definition) is 6. The average molecular weight is 462 g/mol. The Hall–Kier alpha value is -3.16. The number of ether oxygens (including phenoxy) is 1. The van der Waals surface area contributed by atoms with Crippen molar-refractivity contribution in [1.82, 2.24) is 9.80 Å². The highest BCUT2D eigenvalue weighted by Crippen LogP contribution is 2.33. The molecular weight excluding hydrogens is 434 g/mol. The maximum atomic E-state index is 13.3. The van der Waals surface area contributed by atoms with Crippen LogP contribution in [0.3, 0.4) is 0 Å². The summed E-state index contributed by atoms with van der Waals surface area (Å²) in [6.45, 7) is 7.18. The molecule has 1 fully saturated rings. The average Bonchev–Trinajstić information content (AvgIpc) is 3.44. The summed E-state index contributed by atoms with van der Waals surface area (Å²) in [6.07, 6.45) is 0. The van der Waals surface area contributed by atoms with Crippen LogP contribution in [0.2, 0.25) is 0 Å². The predicted molar refractivity (Wildman–Crippen MR) is 130 cm³/mol. The van der Waals surface area contributed by atoms with Crippen molar-refractivity contribution in [2.45, 2.75) is 20.0 Å². The zero-order valence-corrected chi connectivity index (χ0v) is 19.5. The van der Waals surface area contributed by atoms with Crippen molar-refractivity contribution >= 4 is 28.8 Å². The summed E-state index contributed by atoms with van der Waals surface area (Å²) in [5.74, 6) is 0.553. The maximum Gasteiger partial charge on any atom is 0.263 e. The molecule has 1 aromatic heterocycles. The molecule has 0 radical (unpaired) electrons. The van der Waals surface area contributed by atoms with Gasteiger partial charge < -0.3 is 9.64 Å². The Balaban J connectivity index is 1.29. The summed E-state index contributed by atoms with van der Waals surface area (Å²) in [5.41, 5.74) is 4.11. The normalized spacial score (nSPS) is 16.4. The molecule has 0 unspecified atom stereocenters. The summed E-state index contributed by atoms with van der Waals surface area (Å²) >= 11 is 1.57. The topological polar surface area (TPSA) is 53.1 Å². The quantitative estimate of drug-likeness (QED) is 0.492. The number of benzene rings is 2. The number of fused-ring (bicyclic) bond motifs is 1. The number of carbonyl (C=O) groups excluding carboxylic acids is 2. The van der Waals surface area contributed by atoms with Crippen molar-refractivity contribution in [2.75, 3.05) is 37.7 Å². The summed E-state index contributed by atoms with van der Waals surface area (Å²) < 4.78 is 5.78. The number of thiophene rings is 1. The molecule has 170 valence electrons. The molecule has 2 amide bonds. The van der Waals surface area contributed by atoms with E-state index in [1.807, 2.05) is 54.1 Å². The first-order valence-electron chi connectivity index (χ1n) is 11.3. The Morgan fingerprint density at radius 1 is 0.909 bits per heavy atom. The first-order chi connectivity index (χ1) is 16.2. The number of anilines is 1. The molecule has 2 aliphatic heterocycles. The van der Waals surface area contributed by atoms with Crippen molar-refractivity contribution in [3.8, 4) is 5.75 Å². The molecule has 0 bridgehead atoms. The maximum absolute atomic E-state index is 13.3. The Morgan fingerprint density at radius 2 is 1.73 bits per heavy atom. The molecule has 7 heteroatoms. The van der Waals surface area contributed by atoms with Crippen LogP contribution in [0.25, 0.3) is 0 Å². The largest absolute Gasteiger partial charge is 0.494 e. The van der Waals surface area contributed by atoms with Crippen LogP contribution < -0.4 is 9.64 Å². The zero-order valence-electron chi connectivity index (χ0n) is 18.7. The predicted octanol–water partition coefficient (Wildman–Crippen LogP) is 4.27. The lowest BCUT2D eigenvalue weighted by Crippen LogP contribution is -2.46. The van der Waals surface area contributed by atoms with E-state index in [-0.39, 0.29) is 11.8 Å². The number of nitrogens with zero attached hydrogens (tertiary/aromatic N) is 3. The lowest BCUT2D eigenvalue weighted by Gasteiger charge is -2.37. The van der Waals surface area contributed by atoms with Gasteiger partial charge in [0.25, 0.3) is 11.8 Å². The van der Waals surface area contributed by atoms with Crippen LogP contribution >= 0.6 is 11.3 Å². The van der Waals surface area contributed by atoms with Crippen LogP contribution in [0.1, 0.15) is 38.8 Å². The van der Waals surface area contributed by atoms with Gasteiger partial charge in [0.15, 0.2) is 0 Å². The smallest absolute Gasteiger partial charge is 0.263 e. The second-order valence-electron chi connectivity index (χ2n) is 8.33. The number of piperazine rings is 1. The van der Waals surface area contributed by atoms with Crippen LogP contribution in [0.5, 0.6) is 5.75 Å². The van der Waals surface area contributed by atoms with E-state index in [0.29, 0.717) is 24.3 Å². The summed E-state index contributed by atoms with van der Waals surface area (Å²) in [5, 5.41) is 3.94.